The Morgan fingerprint density at radius 1 is 1.18 bits per heavy atom. The molecule has 3 fully saturated rings. The van der Waals surface area contributed by atoms with Gasteiger partial charge in [-0.1, -0.05) is 32.7 Å². The van der Waals surface area contributed by atoms with E-state index in [4.69, 9.17) is 18.1 Å². The Morgan fingerprint density at radius 2 is 1.87 bits per heavy atom. The first-order valence-corrected chi connectivity index (χ1v) is 12.1. The lowest BCUT2D eigenvalue weighted by atomic mass is 9.81. The average Bonchev–Trinajstić information content (AvgIpc) is 3.67. The second-order valence-electron chi connectivity index (χ2n) is 10.3. The van der Waals surface area contributed by atoms with Crippen LogP contribution in [0.5, 0.6) is 0 Å². The van der Waals surface area contributed by atoms with Crippen molar-refractivity contribution in [3.63, 3.8) is 0 Å². The maximum Gasteiger partial charge on any atom is 0.471 e. The average molecular weight is 551 g/mol. The van der Waals surface area contributed by atoms with Crippen LogP contribution in [-0.4, -0.2) is 71.8 Å². The summed E-state index contributed by atoms with van der Waals surface area (Å²) in [5.41, 5.74) is 1.21. The zero-order valence-electron chi connectivity index (χ0n) is 29.0. The number of nitrogens with one attached hydrogen (secondary N) is 3. The molecule has 2 saturated heterocycles. The molecule has 8 atom stereocenters. The molecule has 0 spiro atoms. The topological polar surface area (TPSA) is 151 Å². The molecule has 4 aliphatic rings. The van der Waals surface area contributed by atoms with Gasteiger partial charge in [0.25, 0.3) is 0 Å². The molecule has 10 nitrogen and oxygen atoms in total. The Balaban J connectivity index is 1.82. The Bertz CT molecular complexity index is 1320. The van der Waals surface area contributed by atoms with E-state index in [1.54, 1.807) is 12.2 Å². The summed E-state index contributed by atoms with van der Waals surface area (Å²) in [5.74, 6) is -10.0. The quantitative estimate of drug-likeness (QED) is 0.335. The van der Waals surface area contributed by atoms with Gasteiger partial charge in [0.2, 0.25) is 23.6 Å². The highest BCUT2D eigenvalue weighted by Crippen LogP contribution is 2.54. The number of carbonyl (C=O) groups is 5. The van der Waals surface area contributed by atoms with Crippen LogP contribution in [0.15, 0.2) is 12.2 Å². The summed E-state index contributed by atoms with van der Waals surface area (Å²) in [5, 5.41) is 6.02. The molecule has 38 heavy (non-hydrogen) atoms. The van der Waals surface area contributed by atoms with Crippen LogP contribution in [0.2, 0.25) is 0 Å². The van der Waals surface area contributed by atoms with Crippen molar-refractivity contribution in [2.75, 3.05) is 13.1 Å². The summed E-state index contributed by atoms with van der Waals surface area (Å²) >= 11 is 0. The van der Waals surface area contributed by atoms with Crippen LogP contribution < -0.4 is 21.7 Å². The van der Waals surface area contributed by atoms with Gasteiger partial charge in [0, 0.05) is 31.3 Å². The van der Waals surface area contributed by atoms with E-state index < -0.39 is 104 Å². The Kier molecular flexibility index (Phi) is 4.74. The number of allylic oxidation sites excluding steroid dienone is 2. The fraction of sp³-hybridized carbons (Fsp3) is 0.720. The number of likely N-dealkylation sites (tertiary alicyclic amines) is 1. The molecule has 4 rings (SSSR count). The van der Waals surface area contributed by atoms with Crippen molar-refractivity contribution < 1.29 is 49.5 Å². The van der Waals surface area contributed by atoms with Crippen molar-refractivity contribution in [1.82, 2.24) is 20.9 Å². The van der Waals surface area contributed by atoms with Gasteiger partial charge in [0.15, 0.2) is 0 Å². The molecule has 1 saturated carbocycles. The van der Waals surface area contributed by atoms with Crippen LogP contribution in [0.4, 0.5) is 13.2 Å². The van der Waals surface area contributed by atoms with Gasteiger partial charge in [-0.3, -0.25) is 24.0 Å². The lowest BCUT2D eigenvalue weighted by molar-refractivity contribution is -0.176. The van der Waals surface area contributed by atoms with Gasteiger partial charge in [-0.25, -0.2) is 0 Å². The van der Waals surface area contributed by atoms with Crippen LogP contribution in [0.1, 0.15) is 52.2 Å². The van der Waals surface area contributed by atoms with E-state index in [-0.39, 0.29) is 18.3 Å². The Labute approximate surface area is 230 Å². The van der Waals surface area contributed by atoms with Crippen LogP contribution in [0.3, 0.4) is 0 Å². The molecule has 2 bridgehead atoms. The molecule has 0 aromatic carbocycles. The van der Waals surface area contributed by atoms with E-state index in [0.717, 1.165) is 5.32 Å². The number of nitrogens with two attached hydrogens (primary N) is 1. The van der Waals surface area contributed by atoms with Gasteiger partial charge in [-0.15, -0.1) is 0 Å². The maximum absolute atomic E-state index is 14.4. The van der Waals surface area contributed by atoms with E-state index in [9.17, 15) is 37.1 Å². The van der Waals surface area contributed by atoms with Crippen LogP contribution in [-0.2, 0) is 24.0 Å². The number of hydrogen-bond donors (Lipinski definition) is 4. The van der Waals surface area contributed by atoms with E-state index in [2.05, 4.69) is 10.6 Å². The van der Waals surface area contributed by atoms with Crippen molar-refractivity contribution in [2.24, 2.45) is 40.7 Å². The minimum atomic E-state index is -5.81. The highest BCUT2D eigenvalue weighted by molar-refractivity contribution is 5.96. The summed E-state index contributed by atoms with van der Waals surface area (Å²) < 4.78 is 112. The molecular weight excluding hydrogens is 507 g/mol. The first-order chi connectivity index (χ1) is 21.3. The van der Waals surface area contributed by atoms with Crippen molar-refractivity contribution >= 4 is 29.5 Å². The molecule has 210 valence electrons. The highest BCUT2D eigenvalue weighted by atomic mass is 19.4. The number of rotatable bonds is 7. The third-order valence-electron chi connectivity index (χ3n) is 7.90. The Morgan fingerprint density at radius 3 is 2.45 bits per heavy atom. The molecule has 5 N–H and O–H groups in total. The third kappa shape index (κ3) is 5.24. The van der Waals surface area contributed by atoms with Crippen molar-refractivity contribution in [1.29, 1.82) is 0 Å². The van der Waals surface area contributed by atoms with Crippen molar-refractivity contribution in [3.05, 3.63) is 12.2 Å². The maximum atomic E-state index is 14.4. The molecule has 2 aliphatic heterocycles. The fourth-order valence-electron chi connectivity index (χ4n) is 6.17. The number of fused-ring (bicyclic) bond motifs is 5. The normalized spacial score (nSPS) is 36.0. The number of alkyl halides is 3. The summed E-state index contributed by atoms with van der Waals surface area (Å²) in [6.07, 6.45) is -1.69. The largest absolute Gasteiger partial charge is 0.471 e. The minimum Gasteiger partial charge on any atom is -0.368 e. The van der Waals surface area contributed by atoms with Gasteiger partial charge in [-0.05, 0) is 48.3 Å². The minimum absolute atomic E-state index is 0.238. The number of halogens is 3. The molecule has 13 heteroatoms. The van der Waals surface area contributed by atoms with E-state index in [1.165, 1.54) is 0 Å². The number of nitrogens with zero attached hydrogens (tertiary/aromatic N) is 1. The molecule has 0 aromatic rings. The zero-order chi connectivity index (χ0) is 35.7. The number of carbonyl (C=O) groups excluding carboxylic acids is 5. The molecule has 2 aliphatic carbocycles. The van der Waals surface area contributed by atoms with Crippen LogP contribution >= 0.6 is 0 Å². The lowest BCUT2D eigenvalue weighted by Crippen LogP contribution is -2.61. The predicted molar refractivity (Wildman–Crippen MR) is 128 cm³/mol. The number of primary amides is 1. The molecule has 0 unspecified atom stereocenters. The van der Waals surface area contributed by atoms with Gasteiger partial charge in [0.1, 0.15) is 18.1 Å². The predicted octanol–water partition coefficient (Wildman–Crippen LogP) is 0.225. The first kappa shape index (κ1) is 18.2. The van der Waals surface area contributed by atoms with Crippen molar-refractivity contribution in [3.8, 4) is 0 Å². The molecule has 2 heterocycles. The monoisotopic (exact) mass is 550 g/mol. The van der Waals surface area contributed by atoms with Gasteiger partial charge in [-0.2, -0.15) is 13.2 Å². The molecule has 5 amide bonds. The zero-order valence-corrected chi connectivity index (χ0v) is 20.0. The number of amides is 5. The summed E-state index contributed by atoms with van der Waals surface area (Å²) in [6.45, 7) is -12.8. The van der Waals surface area contributed by atoms with Gasteiger partial charge >= 0.3 is 12.1 Å². The fourth-order valence-corrected chi connectivity index (χ4v) is 6.17. The Hall–Kier alpha value is -3.12. The van der Waals surface area contributed by atoms with E-state index in [1.807, 2.05) is 0 Å². The van der Waals surface area contributed by atoms with Crippen LogP contribution in [0.25, 0.3) is 0 Å². The third-order valence-corrected chi connectivity index (χ3v) is 7.90. The summed E-state index contributed by atoms with van der Waals surface area (Å²) in [7, 11) is 0. The molecular formula is C25H34F3N5O5. The van der Waals surface area contributed by atoms with Gasteiger partial charge < -0.3 is 26.6 Å². The van der Waals surface area contributed by atoms with Crippen molar-refractivity contribution in [2.45, 2.75) is 64.1 Å². The molecule has 0 radical (unpaired) electrons. The first-order valence-electron chi connectivity index (χ1n) is 16.6. The molecule has 0 aromatic heterocycles. The number of hydrogen-bond acceptors (Lipinski definition) is 5. The summed E-state index contributed by atoms with van der Waals surface area (Å²) in [6, 6.07) is -6.51. The second-order valence-corrected chi connectivity index (χ2v) is 10.3. The SMILES string of the molecule is [2H]C([2H])([2H])C([C@H](NC(=O)C(F)(F)F)C(=O)N1C[C@H]2[C@@H]([C@H]1C(=O)N[C@@H](C[C@@H]1CCNC1=O)C(N)=O)[C@H]1C=C[C@@H]2C1)(C([2H])([2H])[2H])C([2H])([2H])[2H]. The standard InChI is InChI=1S/C25H34F3N5O5/c1-24(2,3)18(32-23(38)25(26,27)28)22(37)33-10-14-11-4-5-12(8-11)16(14)17(33)21(36)31-15(19(29)34)9-13-6-7-30-20(13)35/h4-5,11-18H,6-10H2,1-3H3,(H2,29,34)(H,30,35)(H,31,36)(H,32,38)/t11-,12+,13+,14-,15+,16+,17+,18-/m1/s1/i1D3,2D3,3D3. The summed E-state index contributed by atoms with van der Waals surface area (Å²) in [4.78, 5) is 65.6. The highest BCUT2D eigenvalue weighted by Gasteiger charge is 2.59. The second kappa shape index (κ2) is 9.88. The van der Waals surface area contributed by atoms with Gasteiger partial charge in [0.05, 0.1) is 0 Å². The van der Waals surface area contributed by atoms with Crippen LogP contribution in [0, 0.1) is 35.0 Å². The lowest BCUT2D eigenvalue weighted by Gasteiger charge is -2.37. The smallest absolute Gasteiger partial charge is 0.368 e. The van der Waals surface area contributed by atoms with E-state index >= 15 is 0 Å². The van der Waals surface area contributed by atoms with E-state index in [0.29, 0.717) is 24.3 Å².